The molecule has 3 rings (SSSR count). The molecule has 0 aliphatic heterocycles. The molecule has 0 saturated heterocycles. The van der Waals surface area contributed by atoms with Crippen LogP contribution in [-0.2, 0) is 6.54 Å². The van der Waals surface area contributed by atoms with Gasteiger partial charge >= 0.3 is 0 Å². The lowest BCUT2D eigenvalue weighted by molar-refractivity contribution is 0.347. The molecule has 7 heteroatoms. The van der Waals surface area contributed by atoms with Crippen LogP contribution in [0.2, 0.25) is 0 Å². The number of aromatic amines is 1. The second-order valence-corrected chi connectivity index (χ2v) is 6.16. The summed E-state index contributed by atoms with van der Waals surface area (Å²) in [6.07, 6.45) is 5.29. The van der Waals surface area contributed by atoms with E-state index in [1.54, 1.807) is 30.7 Å². The van der Waals surface area contributed by atoms with Gasteiger partial charge in [-0.1, -0.05) is 12.1 Å². The number of aromatic nitrogens is 2. The zero-order chi connectivity index (χ0) is 19.2. The predicted octanol–water partition coefficient (Wildman–Crippen LogP) is 3.74. The van der Waals surface area contributed by atoms with Crippen LogP contribution in [0.15, 0.2) is 60.0 Å². The first kappa shape index (κ1) is 18.4. The molecule has 140 valence electrons. The number of benzene rings is 2. The van der Waals surface area contributed by atoms with E-state index in [2.05, 4.69) is 15.3 Å². The van der Waals surface area contributed by atoms with Crippen molar-refractivity contribution < 1.29 is 9.13 Å². The zero-order valence-electron chi connectivity index (χ0n) is 15.6. The van der Waals surface area contributed by atoms with Crippen molar-refractivity contribution in [1.82, 2.24) is 15.2 Å². The highest BCUT2D eigenvalue weighted by Gasteiger charge is 2.09. The van der Waals surface area contributed by atoms with Crippen LogP contribution in [0.5, 0.6) is 5.75 Å². The average molecular weight is 367 g/mol. The number of halogens is 1. The molecule has 1 N–H and O–H groups in total. The minimum atomic E-state index is -0.244. The second-order valence-electron chi connectivity index (χ2n) is 6.16. The van der Waals surface area contributed by atoms with E-state index in [1.165, 1.54) is 12.1 Å². The first-order valence-corrected chi connectivity index (χ1v) is 8.46. The normalized spacial score (nSPS) is 11.0. The maximum Gasteiger partial charge on any atom is 0.128 e. The molecule has 0 aliphatic rings. The van der Waals surface area contributed by atoms with E-state index in [4.69, 9.17) is 4.74 Å². The topological polar surface area (TPSA) is 56.8 Å². The van der Waals surface area contributed by atoms with Crippen LogP contribution in [-0.4, -0.2) is 42.7 Å². The van der Waals surface area contributed by atoms with Crippen molar-refractivity contribution in [1.29, 1.82) is 0 Å². The number of hydrogen-bond donors (Lipinski definition) is 1. The molecule has 0 unspecified atom stereocenters. The van der Waals surface area contributed by atoms with Gasteiger partial charge in [-0.2, -0.15) is 10.2 Å². The predicted molar refractivity (Wildman–Crippen MR) is 105 cm³/mol. The van der Waals surface area contributed by atoms with Crippen molar-refractivity contribution in [2.75, 3.05) is 26.1 Å². The lowest BCUT2D eigenvalue weighted by Gasteiger charge is -2.18. The van der Waals surface area contributed by atoms with Gasteiger partial charge in [-0.15, -0.1) is 0 Å². The number of hydrogen-bond acceptors (Lipinski definition) is 4. The lowest BCUT2D eigenvalue weighted by Crippen LogP contribution is -2.19. The maximum atomic E-state index is 13.3. The number of nitrogens with one attached hydrogen (secondary N) is 1. The average Bonchev–Trinajstić information content (AvgIpc) is 3.20. The summed E-state index contributed by atoms with van der Waals surface area (Å²) in [4.78, 5) is 1.89. The first-order chi connectivity index (χ1) is 13.1. The highest BCUT2D eigenvalue weighted by molar-refractivity contribution is 5.81. The van der Waals surface area contributed by atoms with Crippen molar-refractivity contribution in [2.45, 2.75) is 6.54 Å². The Bertz CT molecular complexity index is 910. The Hall–Kier alpha value is -3.35. The molecule has 3 aromatic rings. The third-order valence-corrected chi connectivity index (χ3v) is 4.12. The highest BCUT2D eigenvalue weighted by atomic mass is 19.1. The number of nitrogens with zero attached hydrogens (tertiary/aromatic N) is 4. The molecule has 0 bridgehead atoms. The van der Waals surface area contributed by atoms with E-state index >= 15 is 0 Å². The fraction of sp³-hybridized carbons (Fsp3) is 0.200. The van der Waals surface area contributed by atoms with E-state index < -0.39 is 0 Å². The summed E-state index contributed by atoms with van der Waals surface area (Å²) < 4.78 is 18.8. The van der Waals surface area contributed by atoms with Gasteiger partial charge in [0.25, 0.3) is 0 Å². The van der Waals surface area contributed by atoms with Crippen LogP contribution >= 0.6 is 0 Å². The van der Waals surface area contributed by atoms with Crippen LogP contribution in [0.3, 0.4) is 0 Å². The molecule has 0 aliphatic carbocycles. The van der Waals surface area contributed by atoms with Crippen molar-refractivity contribution >= 4 is 12.0 Å². The molecule has 1 heterocycles. The van der Waals surface area contributed by atoms with Crippen LogP contribution in [0, 0.1) is 5.82 Å². The quantitative estimate of drug-likeness (QED) is 0.393. The zero-order valence-corrected chi connectivity index (χ0v) is 15.6. The van der Waals surface area contributed by atoms with E-state index in [0.717, 1.165) is 28.1 Å². The fourth-order valence-corrected chi connectivity index (χ4v) is 2.71. The minimum absolute atomic E-state index is 0.244. The number of hydrazone groups is 1. The monoisotopic (exact) mass is 367 g/mol. The van der Waals surface area contributed by atoms with Gasteiger partial charge in [-0.05, 0) is 29.8 Å². The summed E-state index contributed by atoms with van der Waals surface area (Å²) in [5, 5.41) is 12.9. The van der Waals surface area contributed by atoms with E-state index in [-0.39, 0.29) is 5.82 Å². The molecule has 27 heavy (non-hydrogen) atoms. The molecule has 6 nitrogen and oxygen atoms in total. The van der Waals surface area contributed by atoms with Gasteiger partial charge < -0.3 is 9.64 Å². The standard InChI is InChI=1S/C20H22FN5O/c1-25(14-24-26(2)13-15-5-4-6-17(21)9-15)18-7-8-19(20(10-18)27-3)16-11-22-23-12-16/h4-12,14H,13H2,1-3H3,(H,22,23)/b24-14-. The van der Waals surface area contributed by atoms with Crippen molar-refractivity contribution in [3.63, 3.8) is 0 Å². The third-order valence-electron chi connectivity index (χ3n) is 4.12. The molecular formula is C20H22FN5O. The van der Waals surface area contributed by atoms with Gasteiger partial charge in [0.2, 0.25) is 0 Å². The number of H-pyrrole nitrogens is 1. The maximum absolute atomic E-state index is 13.3. The number of ether oxygens (including phenoxy) is 1. The van der Waals surface area contributed by atoms with Crippen LogP contribution in [0.1, 0.15) is 5.56 Å². The minimum Gasteiger partial charge on any atom is -0.496 e. The molecule has 0 fully saturated rings. The molecule has 1 aromatic heterocycles. The molecular weight excluding hydrogens is 345 g/mol. The summed E-state index contributed by atoms with van der Waals surface area (Å²) in [6, 6.07) is 12.4. The molecule has 0 saturated carbocycles. The molecule has 0 spiro atoms. The summed E-state index contributed by atoms with van der Waals surface area (Å²) >= 11 is 0. The summed E-state index contributed by atoms with van der Waals surface area (Å²) in [6.45, 7) is 0.519. The van der Waals surface area contributed by atoms with Crippen LogP contribution < -0.4 is 9.64 Å². The molecule has 2 aromatic carbocycles. The van der Waals surface area contributed by atoms with Crippen molar-refractivity contribution in [2.24, 2.45) is 5.10 Å². The Morgan fingerprint density at radius 1 is 1.22 bits per heavy atom. The third kappa shape index (κ3) is 4.63. The fourth-order valence-electron chi connectivity index (χ4n) is 2.71. The van der Waals surface area contributed by atoms with Gasteiger partial charge in [0, 0.05) is 43.2 Å². The van der Waals surface area contributed by atoms with Crippen molar-refractivity contribution in [3.8, 4) is 16.9 Å². The first-order valence-electron chi connectivity index (χ1n) is 8.46. The van der Waals surface area contributed by atoms with Crippen molar-refractivity contribution in [3.05, 3.63) is 66.2 Å². The Labute approximate surface area is 157 Å². The van der Waals surface area contributed by atoms with Crippen LogP contribution in [0.25, 0.3) is 11.1 Å². The smallest absolute Gasteiger partial charge is 0.128 e. The van der Waals surface area contributed by atoms with E-state index in [1.807, 2.05) is 49.5 Å². The Balaban J connectivity index is 1.69. The van der Waals surface area contributed by atoms with E-state index in [0.29, 0.717) is 6.54 Å². The molecule has 0 atom stereocenters. The van der Waals surface area contributed by atoms with Gasteiger partial charge in [0.15, 0.2) is 0 Å². The summed E-state index contributed by atoms with van der Waals surface area (Å²) in [7, 11) is 5.40. The highest BCUT2D eigenvalue weighted by Crippen LogP contribution is 2.32. The second kappa shape index (κ2) is 8.35. The van der Waals surface area contributed by atoms with Crippen LogP contribution in [0.4, 0.5) is 10.1 Å². The lowest BCUT2D eigenvalue weighted by atomic mass is 10.1. The number of rotatable bonds is 7. The number of methoxy groups -OCH3 is 1. The Kier molecular flexibility index (Phi) is 5.71. The Morgan fingerprint density at radius 2 is 2.07 bits per heavy atom. The largest absolute Gasteiger partial charge is 0.496 e. The van der Waals surface area contributed by atoms with Gasteiger partial charge in [-0.25, -0.2) is 4.39 Å². The SMILES string of the molecule is COc1cc(N(C)/C=N\N(C)Cc2cccc(F)c2)ccc1-c1cn[nH]c1. The van der Waals surface area contributed by atoms with Gasteiger partial charge in [0.1, 0.15) is 17.9 Å². The van der Waals surface area contributed by atoms with Gasteiger partial charge in [-0.3, -0.25) is 10.1 Å². The summed E-state index contributed by atoms with van der Waals surface area (Å²) in [5.74, 6) is 0.508. The van der Waals surface area contributed by atoms with E-state index in [9.17, 15) is 4.39 Å². The Morgan fingerprint density at radius 3 is 2.78 bits per heavy atom. The van der Waals surface area contributed by atoms with Gasteiger partial charge in [0.05, 0.1) is 19.9 Å². The summed E-state index contributed by atoms with van der Waals surface area (Å²) in [5.41, 5.74) is 3.72. The molecule has 0 amide bonds. The molecule has 0 radical (unpaired) electrons. The number of anilines is 1.